The van der Waals surface area contributed by atoms with Gasteiger partial charge in [0.05, 0.1) is 18.7 Å². The summed E-state index contributed by atoms with van der Waals surface area (Å²) in [5.41, 5.74) is -0.624. The van der Waals surface area contributed by atoms with Gasteiger partial charge in [-0.3, -0.25) is 9.78 Å². The Hall–Kier alpha value is -1.59. The number of nitrogens with zero attached hydrogens (tertiary/aromatic N) is 1. The number of carbonyl (C=O) groups is 1. The van der Waals surface area contributed by atoms with Gasteiger partial charge < -0.3 is 4.74 Å². The lowest BCUT2D eigenvalue weighted by molar-refractivity contribution is -0.142. The summed E-state index contributed by atoms with van der Waals surface area (Å²) in [4.78, 5) is 14.8. The summed E-state index contributed by atoms with van der Waals surface area (Å²) in [6.07, 6.45) is -3.14. The Morgan fingerprint density at radius 3 is 2.71 bits per heavy atom. The molecule has 17 heavy (non-hydrogen) atoms. The van der Waals surface area contributed by atoms with Gasteiger partial charge in [-0.25, -0.2) is 13.2 Å². The number of carbonyl (C=O) groups excluding carboxylic acids is 1. The Labute approximate surface area is 96.6 Å². The van der Waals surface area contributed by atoms with Gasteiger partial charge in [-0.05, 0) is 19.9 Å². The molecule has 94 valence electrons. The van der Waals surface area contributed by atoms with E-state index in [-0.39, 0.29) is 24.4 Å². The molecule has 1 heterocycles. The van der Waals surface area contributed by atoms with E-state index in [1.807, 2.05) is 0 Å². The van der Waals surface area contributed by atoms with E-state index in [1.165, 1.54) is 6.92 Å². The molecule has 0 aromatic carbocycles. The third-order valence-corrected chi connectivity index (χ3v) is 2.13. The largest absolute Gasteiger partial charge is 0.466 e. The van der Waals surface area contributed by atoms with Gasteiger partial charge in [-0.2, -0.15) is 0 Å². The maximum absolute atomic E-state index is 13.4. The van der Waals surface area contributed by atoms with Crippen molar-refractivity contribution in [2.75, 3.05) is 6.61 Å². The van der Waals surface area contributed by atoms with Gasteiger partial charge in [0.1, 0.15) is 5.82 Å². The first-order valence-corrected chi connectivity index (χ1v) is 5.05. The van der Waals surface area contributed by atoms with Crippen LogP contribution in [-0.4, -0.2) is 17.6 Å². The second-order valence-electron chi connectivity index (χ2n) is 3.37. The fourth-order valence-corrected chi connectivity index (χ4v) is 1.34. The second-order valence-corrected chi connectivity index (χ2v) is 3.37. The van der Waals surface area contributed by atoms with Crippen LogP contribution in [-0.2, 0) is 16.0 Å². The van der Waals surface area contributed by atoms with Crippen molar-refractivity contribution in [1.29, 1.82) is 0 Å². The number of aromatic nitrogens is 1. The average molecular weight is 247 g/mol. The average Bonchev–Trinajstić information content (AvgIpc) is 2.22. The summed E-state index contributed by atoms with van der Waals surface area (Å²) in [6.45, 7) is 3.14. The minimum Gasteiger partial charge on any atom is -0.466 e. The number of hydrogen-bond acceptors (Lipinski definition) is 3. The van der Waals surface area contributed by atoms with Crippen molar-refractivity contribution in [2.45, 2.75) is 26.7 Å². The first kappa shape index (κ1) is 13.5. The summed E-state index contributed by atoms with van der Waals surface area (Å²) in [7, 11) is 0. The normalized spacial score (nSPS) is 10.7. The van der Waals surface area contributed by atoms with Crippen molar-refractivity contribution in [3.05, 3.63) is 28.8 Å². The highest BCUT2D eigenvalue weighted by molar-refractivity contribution is 5.72. The van der Waals surface area contributed by atoms with Crippen molar-refractivity contribution in [2.24, 2.45) is 0 Å². The molecule has 0 atom stereocenters. The molecule has 1 rings (SSSR count). The molecule has 6 heteroatoms. The Morgan fingerprint density at radius 1 is 1.53 bits per heavy atom. The third kappa shape index (κ3) is 3.44. The summed E-state index contributed by atoms with van der Waals surface area (Å²) >= 11 is 0. The topological polar surface area (TPSA) is 39.2 Å². The number of hydrogen-bond donors (Lipinski definition) is 0. The summed E-state index contributed by atoms with van der Waals surface area (Å²) < 4.78 is 42.9. The van der Waals surface area contributed by atoms with Crippen molar-refractivity contribution >= 4 is 5.97 Å². The monoisotopic (exact) mass is 247 g/mol. The highest BCUT2D eigenvalue weighted by Gasteiger charge is 2.18. The van der Waals surface area contributed by atoms with E-state index < -0.39 is 23.8 Å². The van der Waals surface area contributed by atoms with Gasteiger partial charge in [-0.1, -0.05) is 0 Å². The number of halogens is 3. The molecular formula is C11H12F3NO2. The van der Waals surface area contributed by atoms with Gasteiger partial charge in [0.15, 0.2) is 0 Å². The zero-order valence-corrected chi connectivity index (χ0v) is 9.47. The van der Waals surface area contributed by atoms with Crippen LogP contribution in [0.15, 0.2) is 6.07 Å². The molecule has 0 unspecified atom stereocenters. The summed E-state index contributed by atoms with van der Waals surface area (Å²) in [5.74, 6) is -1.55. The molecule has 1 aromatic rings. The number of ether oxygens (including phenoxy) is 1. The van der Waals surface area contributed by atoms with Gasteiger partial charge >= 0.3 is 5.97 Å². The predicted octanol–water partition coefficient (Wildman–Crippen LogP) is 2.57. The van der Waals surface area contributed by atoms with Crippen LogP contribution in [0.25, 0.3) is 0 Å². The lowest BCUT2D eigenvalue weighted by Crippen LogP contribution is -2.12. The Balaban J connectivity index is 2.95. The standard InChI is InChI=1S/C11H12F3NO2/c1-3-17-10(16)5-9-8(12)4-7(11(13)14)6(2)15-9/h4,11H,3,5H2,1-2H3. The molecule has 0 bridgehead atoms. The van der Waals surface area contributed by atoms with Crippen molar-refractivity contribution in [3.63, 3.8) is 0 Å². The number of pyridine rings is 1. The van der Waals surface area contributed by atoms with E-state index >= 15 is 0 Å². The molecule has 0 spiro atoms. The summed E-state index contributed by atoms with van der Waals surface area (Å²) in [5, 5.41) is 0. The number of alkyl halides is 2. The zero-order valence-electron chi connectivity index (χ0n) is 9.47. The van der Waals surface area contributed by atoms with E-state index in [0.717, 1.165) is 0 Å². The molecule has 1 aromatic heterocycles. The molecule has 0 N–H and O–H groups in total. The van der Waals surface area contributed by atoms with Gasteiger partial charge in [0, 0.05) is 11.3 Å². The lowest BCUT2D eigenvalue weighted by Gasteiger charge is -2.08. The summed E-state index contributed by atoms with van der Waals surface area (Å²) in [6, 6.07) is 0.710. The molecule has 0 fully saturated rings. The van der Waals surface area contributed by atoms with E-state index in [2.05, 4.69) is 9.72 Å². The molecule has 0 aliphatic rings. The molecule has 0 aliphatic heterocycles. The SMILES string of the molecule is CCOC(=O)Cc1nc(C)c(C(F)F)cc1F. The van der Waals surface area contributed by atoms with E-state index in [1.54, 1.807) is 6.92 Å². The van der Waals surface area contributed by atoms with E-state index in [0.29, 0.717) is 6.07 Å². The number of esters is 1. The quantitative estimate of drug-likeness (QED) is 0.767. The molecule has 0 aliphatic carbocycles. The van der Waals surface area contributed by atoms with Gasteiger partial charge in [0.2, 0.25) is 0 Å². The first-order chi connectivity index (χ1) is 7.95. The third-order valence-electron chi connectivity index (χ3n) is 2.13. The van der Waals surface area contributed by atoms with Crippen LogP contribution in [0.4, 0.5) is 13.2 Å². The van der Waals surface area contributed by atoms with E-state index in [4.69, 9.17) is 0 Å². The molecule has 0 amide bonds. The van der Waals surface area contributed by atoms with Crippen LogP contribution in [0.1, 0.15) is 30.3 Å². The van der Waals surface area contributed by atoms with Crippen molar-refractivity contribution in [1.82, 2.24) is 4.98 Å². The maximum atomic E-state index is 13.4. The highest BCUT2D eigenvalue weighted by atomic mass is 19.3. The fraction of sp³-hybridized carbons (Fsp3) is 0.455. The number of rotatable bonds is 4. The Morgan fingerprint density at radius 2 is 2.18 bits per heavy atom. The smallest absolute Gasteiger partial charge is 0.311 e. The van der Waals surface area contributed by atoms with Crippen LogP contribution in [0.3, 0.4) is 0 Å². The van der Waals surface area contributed by atoms with Gasteiger partial charge in [-0.15, -0.1) is 0 Å². The second kappa shape index (κ2) is 5.65. The minimum atomic E-state index is -2.78. The zero-order chi connectivity index (χ0) is 13.0. The van der Waals surface area contributed by atoms with Crippen LogP contribution < -0.4 is 0 Å². The fourth-order valence-electron chi connectivity index (χ4n) is 1.34. The van der Waals surface area contributed by atoms with Crippen LogP contribution in [0, 0.1) is 12.7 Å². The molecule has 3 nitrogen and oxygen atoms in total. The lowest BCUT2D eigenvalue weighted by atomic mass is 10.1. The highest BCUT2D eigenvalue weighted by Crippen LogP contribution is 2.23. The Kier molecular flexibility index (Phi) is 4.48. The molecule has 0 radical (unpaired) electrons. The van der Waals surface area contributed by atoms with Crippen molar-refractivity contribution < 1.29 is 22.7 Å². The molecule has 0 saturated carbocycles. The van der Waals surface area contributed by atoms with Crippen LogP contribution in [0.2, 0.25) is 0 Å². The predicted molar refractivity (Wildman–Crippen MR) is 54.2 cm³/mol. The van der Waals surface area contributed by atoms with Crippen molar-refractivity contribution in [3.8, 4) is 0 Å². The maximum Gasteiger partial charge on any atom is 0.311 e. The molecule has 0 saturated heterocycles. The first-order valence-electron chi connectivity index (χ1n) is 5.05. The Bertz CT molecular complexity index is 421. The minimum absolute atomic E-state index is 0.0145. The molecular weight excluding hydrogens is 235 g/mol. The van der Waals surface area contributed by atoms with Crippen LogP contribution in [0.5, 0.6) is 0 Å². The van der Waals surface area contributed by atoms with Gasteiger partial charge in [0.25, 0.3) is 6.43 Å². The van der Waals surface area contributed by atoms with Crippen LogP contribution >= 0.6 is 0 Å². The number of aryl methyl sites for hydroxylation is 1. The van der Waals surface area contributed by atoms with E-state index in [9.17, 15) is 18.0 Å².